The number of fused-ring (bicyclic) bond motifs is 1. The second-order valence-electron chi connectivity index (χ2n) is 3.17. The van der Waals surface area contributed by atoms with Gasteiger partial charge in [0.2, 0.25) is 6.79 Å². The quantitative estimate of drug-likeness (QED) is 0.801. The van der Waals surface area contributed by atoms with Crippen molar-refractivity contribution in [1.82, 2.24) is 5.32 Å². The second kappa shape index (κ2) is 3.88. The van der Waals surface area contributed by atoms with E-state index in [9.17, 15) is 0 Å². The summed E-state index contributed by atoms with van der Waals surface area (Å²) in [6, 6.07) is -0.740. The maximum absolute atomic E-state index is 8.01. The number of hydrogen-bond donors (Lipinski definition) is 1. The summed E-state index contributed by atoms with van der Waals surface area (Å²) in [4.78, 5) is 0. The van der Waals surface area contributed by atoms with Gasteiger partial charge in [0.15, 0.2) is 11.5 Å². The average Bonchev–Trinajstić information content (AvgIpc) is 2.79. The van der Waals surface area contributed by atoms with Gasteiger partial charge in [-0.15, -0.1) is 0 Å². The minimum atomic E-state index is -2.29. The Kier molecular flexibility index (Phi) is 1.26. The van der Waals surface area contributed by atoms with Crippen molar-refractivity contribution in [3.8, 4) is 11.5 Å². The van der Waals surface area contributed by atoms with Gasteiger partial charge in [0.25, 0.3) is 0 Å². The Hall–Kier alpha value is -1.22. The molecule has 0 fully saturated rings. The molecule has 2 rings (SSSR count). The molecule has 1 aliphatic rings. The van der Waals surface area contributed by atoms with E-state index in [2.05, 4.69) is 5.32 Å². The van der Waals surface area contributed by atoms with Crippen LogP contribution in [0.4, 0.5) is 0 Å². The van der Waals surface area contributed by atoms with Crippen LogP contribution in [0.25, 0.3) is 0 Å². The fourth-order valence-corrected chi connectivity index (χ4v) is 1.22. The van der Waals surface area contributed by atoms with Crippen LogP contribution >= 0.6 is 0 Å². The van der Waals surface area contributed by atoms with Gasteiger partial charge >= 0.3 is 0 Å². The van der Waals surface area contributed by atoms with E-state index in [0.717, 1.165) is 0 Å². The molecular formula is C11H15NO2. The van der Waals surface area contributed by atoms with E-state index < -0.39 is 13.0 Å². The number of nitrogens with one attached hydrogen (secondary N) is 1. The third-order valence-electron chi connectivity index (χ3n) is 1.96. The lowest BCUT2D eigenvalue weighted by Crippen LogP contribution is -2.23. The Labute approximate surface area is 92.5 Å². The summed E-state index contributed by atoms with van der Waals surface area (Å²) >= 11 is 0. The lowest BCUT2D eigenvalue weighted by atomic mass is 10.1. The SMILES string of the molecule is [2H]c1c([2H])c2c(c([2H])c1CC(C)NC([2H])([2H])[2H])OCO2. The maximum Gasteiger partial charge on any atom is 0.231 e. The molecule has 1 aromatic rings. The Morgan fingerprint density at radius 1 is 1.57 bits per heavy atom. The van der Waals surface area contributed by atoms with E-state index in [4.69, 9.17) is 17.7 Å². The van der Waals surface area contributed by atoms with Crippen molar-refractivity contribution < 1.29 is 17.7 Å². The van der Waals surface area contributed by atoms with Crippen LogP contribution in [0.15, 0.2) is 18.1 Å². The summed E-state index contributed by atoms with van der Waals surface area (Å²) < 4.78 is 55.4. The van der Waals surface area contributed by atoms with Crippen molar-refractivity contribution in [1.29, 1.82) is 0 Å². The van der Waals surface area contributed by atoms with Gasteiger partial charge in [0.05, 0.1) is 4.11 Å². The van der Waals surface area contributed by atoms with Crippen molar-refractivity contribution >= 4 is 0 Å². The van der Waals surface area contributed by atoms with Gasteiger partial charge in [0.1, 0.15) is 0 Å². The molecule has 1 aliphatic heterocycles. The molecule has 3 heteroatoms. The maximum atomic E-state index is 8.01. The third-order valence-corrected chi connectivity index (χ3v) is 1.96. The molecule has 0 bridgehead atoms. The summed E-state index contributed by atoms with van der Waals surface area (Å²) in [7, 11) is 0. The standard InChI is InChI=1S/C11H15NO2/c1-8(12-2)5-9-3-4-10-11(6-9)14-7-13-10/h3-4,6,8,12H,5,7H2,1-2H3/i2D3,3D,4D,6D. The minimum absolute atomic E-state index is 0.0160. The highest BCUT2D eigenvalue weighted by Gasteiger charge is 2.13. The number of rotatable bonds is 3. The fraction of sp³-hybridized carbons (Fsp3) is 0.455. The van der Waals surface area contributed by atoms with Crippen LogP contribution in [-0.4, -0.2) is 19.8 Å². The van der Waals surface area contributed by atoms with Crippen molar-refractivity contribution in [2.75, 3.05) is 13.8 Å². The van der Waals surface area contributed by atoms with Crippen LogP contribution in [0.5, 0.6) is 11.5 Å². The van der Waals surface area contributed by atoms with Gasteiger partial charge in [-0.25, -0.2) is 0 Å². The molecule has 14 heavy (non-hydrogen) atoms. The first-order valence-electron chi connectivity index (χ1n) is 7.36. The Bertz CT molecular complexity index is 531. The van der Waals surface area contributed by atoms with Crippen molar-refractivity contribution in [3.05, 3.63) is 23.7 Å². The predicted molar refractivity (Wildman–Crippen MR) is 54.8 cm³/mol. The van der Waals surface area contributed by atoms with Crippen molar-refractivity contribution in [2.45, 2.75) is 19.4 Å². The smallest absolute Gasteiger partial charge is 0.231 e. The first-order chi connectivity index (χ1) is 9.20. The van der Waals surface area contributed by atoms with Gasteiger partial charge in [-0.1, -0.05) is 6.04 Å². The monoisotopic (exact) mass is 199 g/mol. The van der Waals surface area contributed by atoms with Crippen LogP contribution in [0, 0.1) is 0 Å². The summed E-state index contributed by atoms with van der Waals surface area (Å²) in [6.07, 6.45) is 0.151. The molecule has 1 aromatic carbocycles. The van der Waals surface area contributed by atoms with Crippen molar-refractivity contribution in [2.24, 2.45) is 0 Å². The van der Waals surface area contributed by atoms with Gasteiger partial charge in [-0.2, -0.15) is 0 Å². The molecule has 0 radical (unpaired) electrons. The summed E-state index contributed by atoms with van der Waals surface area (Å²) in [5.41, 5.74) is 0.281. The van der Waals surface area contributed by atoms with Gasteiger partial charge in [-0.3, -0.25) is 0 Å². The first-order valence-corrected chi connectivity index (χ1v) is 4.36. The zero-order chi connectivity index (χ0) is 15.1. The Morgan fingerprint density at radius 3 is 3.29 bits per heavy atom. The summed E-state index contributed by atoms with van der Waals surface area (Å²) in [5, 5.41) is 2.41. The molecule has 76 valence electrons. The van der Waals surface area contributed by atoms with E-state index in [1.165, 1.54) is 0 Å². The zero-order valence-electron chi connectivity index (χ0n) is 13.8. The molecule has 1 N–H and O–H groups in total. The highest BCUT2D eigenvalue weighted by atomic mass is 16.7. The Balaban J connectivity index is 2.31. The molecule has 0 saturated carbocycles. The van der Waals surface area contributed by atoms with E-state index in [-0.39, 0.29) is 48.4 Å². The molecule has 0 aromatic heterocycles. The van der Waals surface area contributed by atoms with Crippen LogP contribution < -0.4 is 14.8 Å². The van der Waals surface area contributed by atoms with Crippen LogP contribution in [0.2, 0.25) is 0 Å². The molecule has 1 atom stereocenters. The Morgan fingerprint density at radius 2 is 2.43 bits per heavy atom. The van der Waals surface area contributed by atoms with Gasteiger partial charge in [0, 0.05) is 10.2 Å². The van der Waals surface area contributed by atoms with Crippen molar-refractivity contribution in [3.63, 3.8) is 0 Å². The fourth-order valence-electron chi connectivity index (χ4n) is 1.22. The molecule has 3 nitrogen and oxygen atoms in total. The summed E-state index contributed by atoms with van der Waals surface area (Å²) in [6.45, 7) is -0.706. The topological polar surface area (TPSA) is 30.5 Å². The first kappa shape index (κ1) is 4.53. The van der Waals surface area contributed by atoms with E-state index in [1.807, 2.05) is 0 Å². The van der Waals surface area contributed by atoms with Crippen LogP contribution in [0.3, 0.4) is 0 Å². The normalized spacial score (nSPS) is 22.6. The molecule has 0 spiro atoms. The van der Waals surface area contributed by atoms with Gasteiger partial charge < -0.3 is 14.8 Å². The van der Waals surface area contributed by atoms with Crippen LogP contribution in [-0.2, 0) is 6.42 Å². The van der Waals surface area contributed by atoms with E-state index in [1.54, 1.807) is 6.92 Å². The highest BCUT2D eigenvalue weighted by Crippen LogP contribution is 2.32. The molecule has 1 heterocycles. The average molecular weight is 199 g/mol. The number of ether oxygens (including phenoxy) is 2. The number of hydrogen-bond acceptors (Lipinski definition) is 3. The number of likely N-dealkylation sites (N-methyl/N-ethyl adjacent to an activating group) is 1. The molecule has 0 aliphatic carbocycles. The lowest BCUT2D eigenvalue weighted by Gasteiger charge is -2.09. The minimum Gasteiger partial charge on any atom is -0.454 e. The molecule has 0 saturated heterocycles. The third kappa shape index (κ3) is 1.82. The largest absolute Gasteiger partial charge is 0.454 e. The molecular weight excluding hydrogens is 178 g/mol. The van der Waals surface area contributed by atoms with Crippen LogP contribution in [0.1, 0.15) is 20.7 Å². The molecule has 1 unspecified atom stereocenters. The molecule has 0 amide bonds. The second-order valence-corrected chi connectivity index (χ2v) is 3.17. The van der Waals surface area contributed by atoms with E-state index in [0.29, 0.717) is 0 Å². The van der Waals surface area contributed by atoms with Gasteiger partial charge in [-0.05, 0) is 38.0 Å². The highest BCUT2D eigenvalue weighted by molar-refractivity contribution is 5.44. The lowest BCUT2D eigenvalue weighted by molar-refractivity contribution is 0.174. The predicted octanol–water partition coefficient (Wildman–Crippen LogP) is 1.57. The van der Waals surface area contributed by atoms with E-state index >= 15 is 0 Å². The zero-order valence-corrected chi connectivity index (χ0v) is 7.81. The number of benzene rings is 1. The summed E-state index contributed by atoms with van der Waals surface area (Å²) in [5.74, 6) is 0.266.